The first-order valence-corrected chi connectivity index (χ1v) is 4.07. The minimum absolute atomic E-state index is 0.0798. The Morgan fingerprint density at radius 2 is 2.20 bits per heavy atom. The van der Waals surface area contributed by atoms with E-state index in [1.165, 1.54) is 18.2 Å². The number of nitrogens with zero attached hydrogens (tertiary/aromatic N) is 2. The Hall–Kier alpha value is -2.42. The van der Waals surface area contributed by atoms with Crippen LogP contribution in [0.15, 0.2) is 24.3 Å². The molecule has 0 saturated heterocycles. The number of carbonyl (C=O) groups is 1. The Balaban J connectivity index is 2.90. The van der Waals surface area contributed by atoms with Crippen molar-refractivity contribution < 1.29 is 14.9 Å². The minimum Gasteiger partial charge on any atom is -0.319 e. The summed E-state index contributed by atoms with van der Waals surface area (Å²) in [5.41, 5.74) is 0.0824. The Labute approximate surface area is 85.3 Å². The number of anilines is 1. The predicted molar refractivity (Wildman–Crippen MR) is 50.4 cm³/mol. The summed E-state index contributed by atoms with van der Waals surface area (Å²) >= 11 is 0. The highest BCUT2D eigenvalue weighted by atomic mass is 16.6. The molecule has 0 aromatic heterocycles. The number of carbonyl (C=O) groups excluding carboxylic acids is 1. The average molecular weight is 206 g/mol. The molecule has 0 atom stereocenters. The van der Waals surface area contributed by atoms with Crippen LogP contribution in [-0.4, -0.2) is 16.0 Å². The summed E-state index contributed by atoms with van der Waals surface area (Å²) in [5, 5.41) is 19.3. The summed E-state index contributed by atoms with van der Waals surface area (Å²) in [5.74, 6) is -0.535. The van der Waals surface area contributed by atoms with E-state index < -0.39 is 5.91 Å². The smallest absolute Gasteiger partial charge is 0.319 e. The lowest BCUT2D eigenvalue weighted by Crippen LogP contribution is -2.11. The van der Waals surface area contributed by atoms with Gasteiger partial charge in [-0.2, -0.15) is 5.26 Å². The van der Waals surface area contributed by atoms with Gasteiger partial charge in [-0.25, -0.2) is 5.21 Å². The summed E-state index contributed by atoms with van der Waals surface area (Å²) in [7, 11) is 0. The van der Waals surface area contributed by atoms with Crippen LogP contribution in [0.4, 0.5) is 11.4 Å². The molecule has 0 heterocycles. The van der Waals surface area contributed by atoms with Crippen LogP contribution in [0, 0.1) is 16.2 Å². The van der Waals surface area contributed by atoms with E-state index in [1.54, 1.807) is 12.1 Å². The van der Waals surface area contributed by atoms with Gasteiger partial charge in [0.2, 0.25) is 5.91 Å². The van der Waals surface area contributed by atoms with Crippen molar-refractivity contribution in [2.75, 3.05) is 5.32 Å². The number of nitriles is 1. The second kappa shape index (κ2) is 4.72. The summed E-state index contributed by atoms with van der Waals surface area (Å²) in [6.45, 7) is 0. The fourth-order valence-electron chi connectivity index (χ4n) is 1.01. The van der Waals surface area contributed by atoms with Crippen LogP contribution < -0.4 is 5.32 Å². The Bertz CT molecular complexity index is 436. The number of nitrogens with one attached hydrogen (secondary N) is 1. The van der Waals surface area contributed by atoms with Gasteiger partial charge in [0.25, 0.3) is 4.92 Å². The van der Waals surface area contributed by atoms with Crippen molar-refractivity contribution in [3.63, 3.8) is 0 Å². The molecule has 1 aromatic carbocycles. The number of hydrogen-bond donors (Lipinski definition) is 2. The fourth-order valence-corrected chi connectivity index (χ4v) is 1.01. The number of amides is 1. The monoisotopic (exact) mass is 206 g/mol. The van der Waals surface area contributed by atoms with Crippen molar-refractivity contribution in [1.29, 1.82) is 5.26 Å². The van der Waals surface area contributed by atoms with E-state index in [2.05, 4.69) is 5.32 Å². The summed E-state index contributed by atoms with van der Waals surface area (Å²) in [6.07, 6.45) is -0.307. The molecule has 0 aliphatic rings. The Morgan fingerprint density at radius 3 is 2.80 bits per heavy atom. The molecule has 0 bridgehead atoms. The second-order valence-electron chi connectivity index (χ2n) is 2.67. The van der Waals surface area contributed by atoms with Gasteiger partial charge >= 0.3 is 5.69 Å². The fraction of sp³-hybridized carbons (Fsp3) is 0.111. The third-order valence-electron chi connectivity index (χ3n) is 1.62. The van der Waals surface area contributed by atoms with Gasteiger partial charge in [0.05, 0.1) is 11.0 Å². The molecular weight excluding hydrogens is 198 g/mol. The van der Waals surface area contributed by atoms with Crippen molar-refractivity contribution >= 4 is 17.3 Å². The first kappa shape index (κ1) is 10.7. The second-order valence-corrected chi connectivity index (χ2v) is 2.67. The number of hydrogen-bond acceptors (Lipinski definition) is 3. The van der Waals surface area contributed by atoms with Crippen LogP contribution in [0.3, 0.4) is 0 Å². The molecule has 1 aromatic rings. The Kier molecular flexibility index (Phi) is 3.35. The topological polar surface area (TPSA) is 93.2 Å². The number of benzene rings is 1. The van der Waals surface area contributed by atoms with Crippen LogP contribution in [-0.2, 0) is 4.79 Å². The molecule has 0 unspecified atom stereocenters. The zero-order chi connectivity index (χ0) is 11.3. The highest BCUT2D eigenvalue weighted by Crippen LogP contribution is 2.22. The largest absolute Gasteiger partial charge is 0.339 e. The summed E-state index contributed by atoms with van der Waals surface area (Å²) < 4.78 is 0. The molecule has 0 radical (unpaired) electrons. The molecule has 0 fully saturated rings. The molecule has 2 N–H and O–H groups in total. The average Bonchev–Trinajstić information content (AvgIpc) is 2.18. The van der Waals surface area contributed by atoms with Crippen molar-refractivity contribution in [3.8, 4) is 6.07 Å². The van der Waals surface area contributed by atoms with E-state index in [4.69, 9.17) is 10.5 Å². The quantitative estimate of drug-likeness (QED) is 0.729. The van der Waals surface area contributed by atoms with Crippen LogP contribution in [0.5, 0.6) is 0 Å². The van der Waals surface area contributed by atoms with E-state index in [0.717, 1.165) is 0 Å². The van der Waals surface area contributed by atoms with E-state index in [1.807, 2.05) is 0 Å². The van der Waals surface area contributed by atoms with E-state index in [-0.39, 0.29) is 22.7 Å². The van der Waals surface area contributed by atoms with Crippen molar-refractivity contribution in [2.45, 2.75) is 6.42 Å². The van der Waals surface area contributed by atoms with Crippen LogP contribution >= 0.6 is 0 Å². The van der Waals surface area contributed by atoms with Gasteiger partial charge in [-0.3, -0.25) is 4.79 Å². The lowest BCUT2D eigenvalue weighted by molar-refractivity contribution is -0.729. The molecule has 6 nitrogen and oxygen atoms in total. The molecule has 0 spiro atoms. The maximum atomic E-state index is 11.1. The van der Waals surface area contributed by atoms with Crippen LogP contribution in [0.1, 0.15) is 6.42 Å². The van der Waals surface area contributed by atoms with Crippen molar-refractivity contribution in [2.24, 2.45) is 0 Å². The summed E-state index contributed by atoms with van der Waals surface area (Å²) in [6, 6.07) is 7.59. The van der Waals surface area contributed by atoms with Gasteiger partial charge in [-0.1, -0.05) is 12.1 Å². The molecule has 15 heavy (non-hydrogen) atoms. The van der Waals surface area contributed by atoms with Crippen molar-refractivity contribution in [3.05, 3.63) is 29.2 Å². The number of para-hydroxylation sites is 2. The van der Waals surface area contributed by atoms with Gasteiger partial charge in [0.1, 0.15) is 12.1 Å². The normalized spacial score (nSPS) is 9.00. The van der Waals surface area contributed by atoms with E-state index in [0.29, 0.717) is 0 Å². The molecule has 1 amide bonds. The lowest BCUT2D eigenvalue weighted by Gasteiger charge is -2.00. The lowest BCUT2D eigenvalue weighted by atomic mass is 10.2. The van der Waals surface area contributed by atoms with E-state index >= 15 is 0 Å². The van der Waals surface area contributed by atoms with Crippen LogP contribution in [0.2, 0.25) is 0 Å². The zero-order valence-corrected chi connectivity index (χ0v) is 7.67. The van der Waals surface area contributed by atoms with Gasteiger partial charge in [-0.05, 0) is 6.07 Å². The minimum atomic E-state index is -0.535. The highest BCUT2D eigenvalue weighted by Gasteiger charge is 2.18. The SMILES string of the molecule is N#CCC(=O)Nc1ccccc1[N+](=O)O. The summed E-state index contributed by atoms with van der Waals surface area (Å²) in [4.78, 5) is 21.4. The molecule has 0 aliphatic heterocycles. The first-order valence-electron chi connectivity index (χ1n) is 4.07. The van der Waals surface area contributed by atoms with Gasteiger partial charge in [-0.15, -0.1) is 0 Å². The molecule has 0 saturated carbocycles. The standard InChI is InChI=1S/C9H7N3O3/c10-6-5-9(13)11-7-3-1-2-4-8(7)12(14)15/h1-4H,5H2,(H-,11,13,14,15)/p+1. The van der Waals surface area contributed by atoms with Gasteiger partial charge in [0.15, 0.2) is 0 Å². The first-order chi connectivity index (χ1) is 7.15. The van der Waals surface area contributed by atoms with Crippen LogP contribution in [0.25, 0.3) is 0 Å². The zero-order valence-electron chi connectivity index (χ0n) is 7.67. The van der Waals surface area contributed by atoms with Gasteiger partial charge in [0, 0.05) is 6.07 Å². The third-order valence-corrected chi connectivity index (χ3v) is 1.62. The van der Waals surface area contributed by atoms with E-state index in [9.17, 15) is 9.70 Å². The third kappa shape index (κ3) is 2.77. The van der Waals surface area contributed by atoms with Gasteiger partial charge < -0.3 is 5.32 Å². The maximum absolute atomic E-state index is 11.1. The molecule has 6 heteroatoms. The Morgan fingerprint density at radius 1 is 1.53 bits per heavy atom. The molecule has 76 valence electrons. The molecule has 0 aliphatic carbocycles. The maximum Gasteiger partial charge on any atom is 0.339 e. The molecular formula is C9H8N3O3+. The molecule has 1 rings (SSSR count). The number of rotatable bonds is 3. The van der Waals surface area contributed by atoms with Crippen molar-refractivity contribution in [1.82, 2.24) is 0 Å². The predicted octanol–water partition coefficient (Wildman–Crippen LogP) is 1.34. The highest BCUT2D eigenvalue weighted by molar-refractivity contribution is 5.94.